The number of rotatable bonds is 4. The molecule has 0 aliphatic carbocycles. The van der Waals surface area contributed by atoms with E-state index in [1.165, 1.54) is 11.1 Å². The van der Waals surface area contributed by atoms with Crippen molar-refractivity contribution in [2.75, 3.05) is 45.8 Å². The van der Waals surface area contributed by atoms with Crippen molar-refractivity contribution in [3.63, 3.8) is 0 Å². The van der Waals surface area contributed by atoms with Crippen LogP contribution in [0.25, 0.3) is 0 Å². The van der Waals surface area contributed by atoms with Crippen LogP contribution in [0.3, 0.4) is 0 Å². The summed E-state index contributed by atoms with van der Waals surface area (Å²) in [6, 6.07) is 0.777. The molecule has 154 valence electrons. The van der Waals surface area contributed by atoms with Gasteiger partial charge in [-0.2, -0.15) is 0 Å². The third kappa shape index (κ3) is 3.76. The fourth-order valence-electron chi connectivity index (χ4n) is 4.55. The summed E-state index contributed by atoms with van der Waals surface area (Å²) in [5, 5.41) is 19.9. The van der Waals surface area contributed by atoms with Gasteiger partial charge in [0.1, 0.15) is 11.8 Å². The van der Waals surface area contributed by atoms with Crippen molar-refractivity contribution in [2.24, 2.45) is 0 Å². The maximum atomic E-state index is 11.0. The fraction of sp³-hybridized carbons (Fsp3) is 0.765. The molecule has 1 N–H and O–H groups in total. The molecule has 0 radical (unpaired) electrons. The molecular formula is C17H26N6O5. The maximum Gasteiger partial charge on any atom is 0.415 e. The molecule has 11 nitrogen and oxygen atoms in total. The van der Waals surface area contributed by atoms with Crippen molar-refractivity contribution in [1.29, 1.82) is 0 Å². The molecule has 2 saturated heterocycles. The lowest BCUT2D eigenvalue weighted by atomic mass is 10.0. The van der Waals surface area contributed by atoms with Gasteiger partial charge in [0, 0.05) is 56.8 Å². The number of amides is 1. The number of fused-ring (bicyclic) bond motifs is 1. The van der Waals surface area contributed by atoms with Gasteiger partial charge in [-0.3, -0.25) is 14.4 Å². The topological polar surface area (TPSA) is 117 Å². The average molecular weight is 394 g/mol. The minimum Gasteiger partial charge on any atom is -0.465 e. The second-order valence-electron chi connectivity index (χ2n) is 8.13. The number of carboxylic acid groups (broad SMARTS) is 1. The van der Waals surface area contributed by atoms with E-state index in [1.807, 2.05) is 6.92 Å². The van der Waals surface area contributed by atoms with E-state index in [0.29, 0.717) is 31.7 Å². The normalized spacial score (nSPS) is 26.8. The number of ether oxygens (including phenoxy) is 1. The third-order valence-corrected chi connectivity index (χ3v) is 5.97. The smallest absolute Gasteiger partial charge is 0.415 e. The molecule has 1 amide bonds. The van der Waals surface area contributed by atoms with Gasteiger partial charge in [0.05, 0.1) is 6.54 Å². The Morgan fingerprint density at radius 1 is 1.32 bits per heavy atom. The van der Waals surface area contributed by atoms with E-state index in [2.05, 4.69) is 14.8 Å². The van der Waals surface area contributed by atoms with Crippen molar-refractivity contribution < 1.29 is 19.6 Å². The van der Waals surface area contributed by atoms with Gasteiger partial charge in [-0.25, -0.2) is 4.79 Å². The first-order valence-corrected chi connectivity index (χ1v) is 9.68. The first-order valence-electron chi connectivity index (χ1n) is 9.68. The minimum atomic E-state index is -0.821. The lowest BCUT2D eigenvalue weighted by molar-refractivity contribution is -0.389. The summed E-state index contributed by atoms with van der Waals surface area (Å²) in [5.74, 6) is -0.181. The highest BCUT2D eigenvalue weighted by molar-refractivity contribution is 5.65. The maximum absolute atomic E-state index is 11.0. The second kappa shape index (κ2) is 7.21. The van der Waals surface area contributed by atoms with Crippen LogP contribution in [0.2, 0.25) is 0 Å². The average Bonchev–Trinajstić information content (AvgIpc) is 3.17. The molecule has 0 aromatic carbocycles. The Hall–Kier alpha value is -2.40. The zero-order valence-electron chi connectivity index (χ0n) is 16.0. The third-order valence-electron chi connectivity index (χ3n) is 5.97. The van der Waals surface area contributed by atoms with Gasteiger partial charge >= 0.3 is 17.9 Å². The summed E-state index contributed by atoms with van der Waals surface area (Å²) in [6.45, 7) is 8.33. The van der Waals surface area contributed by atoms with E-state index in [0.717, 1.165) is 45.6 Å². The number of carbonyl (C=O) groups is 1. The van der Waals surface area contributed by atoms with Crippen molar-refractivity contribution >= 4 is 11.9 Å². The summed E-state index contributed by atoms with van der Waals surface area (Å²) in [4.78, 5) is 31.6. The number of piperidine rings is 1. The van der Waals surface area contributed by atoms with Crippen LogP contribution >= 0.6 is 0 Å². The van der Waals surface area contributed by atoms with Gasteiger partial charge in [0.25, 0.3) is 0 Å². The molecule has 2 fully saturated rings. The molecule has 1 aromatic heterocycles. The predicted octanol–water partition coefficient (Wildman–Crippen LogP) is 0.702. The Bertz CT molecular complexity index is 728. The molecule has 11 heteroatoms. The van der Waals surface area contributed by atoms with Crippen molar-refractivity contribution in [3.8, 4) is 6.01 Å². The van der Waals surface area contributed by atoms with Gasteiger partial charge in [-0.15, -0.1) is 0 Å². The Kier molecular flexibility index (Phi) is 4.88. The summed E-state index contributed by atoms with van der Waals surface area (Å²) >= 11 is 0. The van der Waals surface area contributed by atoms with E-state index in [9.17, 15) is 14.9 Å². The molecule has 28 heavy (non-hydrogen) atoms. The highest BCUT2D eigenvalue weighted by atomic mass is 16.6. The summed E-state index contributed by atoms with van der Waals surface area (Å²) in [6.07, 6.45) is 2.40. The van der Waals surface area contributed by atoms with E-state index in [-0.39, 0.29) is 5.82 Å². The summed E-state index contributed by atoms with van der Waals surface area (Å²) < 4.78 is 7.65. The Morgan fingerprint density at radius 3 is 2.57 bits per heavy atom. The van der Waals surface area contributed by atoms with E-state index >= 15 is 0 Å². The summed E-state index contributed by atoms with van der Waals surface area (Å²) in [7, 11) is 0. The number of nitro groups is 1. The van der Waals surface area contributed by atoms with Crippen molar-refractivity contribution in [2.45, 2.75) is 38.0 Å². The van der Waals surface area contributed by atoms with E-state index in [4.69, 9.17) is 9.84 Å². The van der Waals surface area contributed by atoms with Crippen LogP contribution in [0.1, 0.15) is 19.8 Å². The first-order chi connectivity index (χ1) is 13.3. The molecule has 0 spiro atoms. The predicted molar refractivity (Wildman–Crippen MR) is 98.5 cm³/mol. The van der Waals surface area contributed by atoms with Crippen LogP contribution in [0.15, 0.2) is 6.20 Å². The van der Waals surface area contributed by atoms with Crippen LogP contribution in [0.4, 0.5) is 10.6 Å². The molecule has 3 aliphatic rings. The number of aromatic nitrogens is 2. The SMILES string of the molecule is CC1(CN2CCN(C3CCN(C(=O)O)CC3)CC2)Cn2cc([N+](=O)[O-])nc2O1. The Labute approximate surface area is 162 Å². The molecule has 4 heterocycles. The minimum absolute atomic E-state index is 0.181. The highest BCUT2D eigenvalue weighted by Gasteiger charge is 2.42. The number of likely N-dealkylation sites (tertiary alicyclic amines) is 1. The molecule has 3 aliphatic heterocycles. The zero-order valence-corrected chi connectivity index (χ0v) is 16.0. The Morgan fingerprint density at radius 2 is 2.00 bits per heavy atom. The monoisotopic (exact) mass is 394 g/mol. The lowest BCUT2D eigenvalue weighted by Gasteiger charge is -2.43. The first kappa shape index (κ1) is 18.9. The van der Waals surface area contributed by atoms with Crippen LogP contribution in [0.5, 0.6) is 6.01 Å². The lowest BCUT2D eigenvalue weighted by Crippen LogP contribution is -2.56. The van der Waals surface area contributed by atoms with Gasteiger partial charge in [0.2, 0.25) is 0 Å². The number of imidazole rings is 1. The molecule has 0 bridgehead atoms. The largest absolute Gasteiger partial charge is 0.465 e. The van der Waals surface area contributed by atoms with Crippen molar-refractivity contribution in [3.05, 3.63) is 16.3 Å². The molecular weight excluding hydrogens is 368 g/mol. The highest BCUT2D eigenvalue weighted by Crippen LogP contribution is 2.31. The zero-order chi connectivity index (χ0) is 19.9. The number of hydrogen-bond acceptors (Lipinski definition) is 7. The summed E-state index contributed by atoms with van der Waals surface area (Å²) in [5.41, 5.74) is -0.438. The van der Waals surface area contributed by atoms with Crippen LogP contribution in [0, 0.1) is 10.1 Å². The standard InChI is InChI=1S/C17H26N6O5/c1-17(12-22-10-14(23(26)27)18-15(22)28-17)11-19-6-8-20(9-7-19)13-2-4-21(5-3-13)16(24)25/h10,13H,2-9,11-12H2,1H3,(H,24,25). The van der Waals surface area contributed by atoms with Crippen LogP contribution in [-0.2, 0) is 6.54 Å². The number of piperazine rings is 1. The molecule has 0 saturated carbocycles. The van der Waals surface area contributed by atoms with E-state index < -0.39 is 16.6 Å². The number of nitrogens with zero attached hydrogens (tertiary/aromatic N) is 6. The molecule has 4 rings (SSSR count). The fourth-order valence-corrected chi connectivity index (χ4v) is 4.55. The van der Waals surface area contributed by atoms with Crippen molar-refractivity contribution in [1.82, 2.24) is 24.3 Å². The van der Waals surface area contributed by atoms with Crippen LogP contribution < -0.4 is 4.74 Å². The number of hydrogen-bond donors (Lipinski definition) is 1. The molecule has 1 atom stereocenters. The van der Waals surface area contributed by atoms with Gasteiger partial charge < -0.3 is 24.9 Å². The van der Waals surface area contributed by atoms with Crippen LogP contribution in [-0.4, -0.2) is 97.8 Å². The van der Waals surface area contributed by atoms with Gasteiger partial charge in [-0.05, 0) is 24.7 Å². The molecule has 1 unspecified atom stereocenters. The van der Waals surface area contributed by atoms with Gasteiger partial charge in [-0.1, -0.05) is 0 Å². The molecule has 1 aromatic rings. The second-order valence-corrected chi connectivity index (χ2v) is 8.13. The van der Waals surface area contributed by atoms with Gasteiger partial charge in [0.15, 0.2) is 0 Å². The Balaban J connectivity index is 1.25. The quantitative estimate of drug-likeness (QED) is 0.586. The van der Waals surface area contributed by atoms with E-state index in [1.54, 1.807) is 4.57 Å².